The Morgan fingerprint density at radius 3 is 2.79 bits per heavy atom. The van der Waals surface area contributed by atoms with E-state index in [1.165, 1.54) is 32.4 Å². The Morgan fingerprint density at radius 1 is 1.25 bits per heavy atom. The van der Waals surface area contributed by atoms with E-state index in [-0.39, 0.29) is 0 Å². The monoisotopic (exact) mass is 380 g/mol. The summed E-state index contributed by atoms with van der Waals surface area (Å²) in [5.41, 5.74) is 3.37. The number of unbranched alkanes of at least 4 members (excludes halogenated alkanes) is 1. The van der Waals surface area contributed by atoms with Crippen LogP contribution < -0.4 is 0 Å². The van der Waals surface area contributed by atoms with Crippen LogP contribution in [-0.2, 0) is 6.54 Å². The van der Waals surface area contributed by atoms with Gasteiger partial charge in [-0.1, -0.05) is 13.3 Å². The maximum Gasteiger partial charge on any atom is 0.150 e. The van der Waals surface area contributed by atoms with Crippen molar-refractivity contribution in [3.05, 3.63) is 35.0 Å². The Kier molecular flexibility index (Phi) is 6.88. The van der Waals surface area contributed by atoms with E-state index >= 15 is 0 Å². The second-order valence-corrected chi connectivity index (χ2v) is 8.02. The summed E-state index contributed by atoms with van der Waals surface area (Å²) < 4.78 is 2.13. The second kappa shape index (κ2) is 9.36. The maximum absolute atomic E-state index is 11.3. The molecule has 0 N–H and O–H groups in total. The minimum Gasteiger partial charge on any atom is -0.331 e. The molecule has 5 nitrogen and oxygen atoms in total. The zero-order chi connectivity index (χ0) is 20.1. The highest BCUT2D eigenvalue weighted by Gasteiger charge is 2.21. The number of aromatic nitrogens is 1. The third-order valence-corrected chi connectivity index (χ3v) is 6.16. The number of benzene rings is 1. The molecule has 0 bridgehead atoms. The van der Waals surface area contributed by atoms with Crippen molar-refractivity contribution in [2.24, 2.45) is 0 Å². The van der Waals surface area contributed by atoms with Gasteiger partial charge in [-0.05, 0) is 70.1 Å². The van der Waals surface area contributed by atoms with Crippen LogP contribution in [0, 0.1) is 18.3 Å². The number of nitrogens with zero attached hydrogens (tertiary/aromatic N) is 4. The highest BCUT2D eigenvalue weighted by molar-refractivity contribution is 5.92. The Bertz CT molecular complexity index is 864. The molecule has 5 heteroatoms. The van der Waals surface area contributed by atoms with Crippen LogP contribution in [0.5, 0.6) is 0 Å². The van der Waals surface area contributed by atoms with Gasteiger partial charge in [0.05, 0.1) is 0 Å². The minimum atomic E-state index is 0.361. The topological polar surface area (TPSA) is 52.3 Å². The largest absolute Gasteiger partial charge is 0.331 e. The highest BCUT2D eigenvalue weighted by Crippen LogP contribution is 2.26. The number of rotatable bonds is 7. The molecule has 28 heavy (non-hydrogen) atoms. The van der Waals surface area contributed by atoms with E-state index in [4.69, 9.17) is 0 Å². The smallest absolute Gasteiger partial charge is 0.150 e. The Morgan fingerprint density at radius 2 is 2.07 bits per heavy atom. The lowest BCUT2D eigenvalue weighted by molar-refractivity contribution is 0.112. The number of hydrogen-bond acceptors (Lipinski definition) is 4. The van der Waals surface area contributed by atoms with Crippen molar-refractivity contribution in [3.63, 3.8) is 0 Å². The van der Waals surface area contributed by atoms with Gasteiger partial charge in [0.25, 0.3) is 0 Å². The molecule has 150 valence electrons. The molecule has 1 aliphatic rings. The summed E-state index contributed by atoms with van der Waals surface area (Å²) >= 11 is 0. The fraction of sp³-hybridized carbons (Fsp3) is 0.565. The zero-order valence-electron chi connectivity index (χ0n) is 17.4. The van der Waals surface area contributed by atoms with Gasteiger partial charge in [-0.3, -0.25) is 9.69 Å². The summed E-state index contributed by atoms with van der Waals surface area (Å²) in [6, 6.07) is 8.49. The molecule has 2 aromatic rings. The van der Waals surface area contributed by atoms with Crippen molar-refractivity contribution in [3.8, 4) is 6.07 Å². The summed E-state index contributed by atoms with van der Waals surface area (Å²) in [6.45, 7) is 13.0. The van der Waals surface area contributed by atoms with Crippen LogP contribution in [0.4, 0.5) is 0 Å². The van der Waals surface area contributed by atoms with Crippen LogP contribution >= 0.6 is 0 Å². The average molecular weight is 381 g/mol. The first-order valence-corrected chi connectivity index (χ1v) is 10.5. The number of nitriles is 1. The number of aryl methyl sites for hydroxylation is 1. The minimum absolute atomic E-state index is 0.361. The van der Waals surface area contributed by atoms with Crippen molar-refractivity contribution in [1.82, 2.24) is 14.4 Å². The SMILES string of the molecule is CCCCN1CCCN(C(C)Cn2c(C#N)cc3c(C)c(C=O)ccc32)CC1. The molecule has 1 unspecified atom stereocenters. The molecule has 1 saturated heterocycles. The fourth-order valence-electron chi connectivity index (χ4n) is 4.33. The van der Waals surface area contributed by atoms with Gasteiger partial charge in [-0.15, -0.1) is 0 Å². The number of hydrogen-bond donors (Lipinski definition) is 0. The van der Waals surface area contributed by atoms with E-state index < -0.39 is 0 Å². The van der Waals surface area contributed by atoms with E-state index in [2.05, 4.69) is 34.3 Å². The first-order chi connectivity index (χ1) is 13.6. The number of aldehydes is 1. The van der Waals surface area contributed by atoms with Crippen molar-refractivity contribution in [2.45, 2.75) is 52.6 Å². The van der Waals surface area contributed by atoms with Crippen LogP contribution in [0.3, 0.4) is 0 Å². The predicted octanol–water partition coefficient (Wildman–Crippen LogP) is 3.83. The summed E-state index contributed by atoms with van der Waals surface area (Å²) in [5, 5.41) is 10.7. The summed E-state index contributed by atoms with van der Waals surface area (Å²) in [7, 11) is 0. The molecular weight excluding hydrogens is 348 g/mol. The van der Waals surface area contributed by atoms with Crippen molar-refractivity contribution >= 4 is 17.2 Å². The predicted molar refractivity (Wildman–Crippen MR) is 114 cm³/mol. The van der Waals surface area contributed by atoms with E-state index in [0.717, 1.165) is 48.9 Å². The molecule has 3 rings (SSSR count). The lowest BCUT2D eigenvalue weighted by Gasteiger charge is -2.28. The van der Waals surface area contributed by atoms with E-state index in [9.17, 15) is 10.1 Å². The third-order valence-electron chi connectivity index (χ3n) is 6.16. The second-order valence-electron chi connectivity index (χ2n) is 8.02. The van der Waals surface area contributed by atoms with Gasteiger partial charge in [-0.2, -0.15) is 5.26 Å². The third kappa shape index (κ3) is 4.29. The normalized spacial score (nSPS) is 17.4. The molecule has 0 saturated carbocycles. The maximum atomic E-state index is 11.3. The van der Waals surface area contributed by atoms with E-state index in [1.807, 2.05) is 25.1 Å². The van der Waals surface area contributed by atoms with Gasteiger partial charge in [-0.25, -0.2) is 0 Å². The number of carbonyl (C=O) groups excluding carboxylic acids is 1. The Hall–Kier alpha value is -2.16. The van der Waals surface area contributed by atoms with Crippen molar-refractivity contribution in [2.75, 3.05) is 32.7 Å². The molecule has 2 heterocycles. The van der Waals surface area contributed by atoms with Crippen LogP contribution in [0.15, 0.2) is 18.2 Å². The molecule has 1 aromatic carbocycles. The standard InChI is InChI=1S/C23H32N4O/c1-4-5-9-25-10-6-11-26(13-12-25)18(2)16-27-21(15-24)14-22-19(3)20(17-28)7-8-23(22)27/h7-8,14,17-18H,4-6,9-13,16H2,1-3H3. The molecule has 1 atom stereocenters. The van der Waals surface area contributed by atoms with Crippen molar-refractivity contribution < 1.29 is 4.79 Å². The fourth-order valence-corrected chi connectivity index (χ4v) is 4.33. The summed E-state index contributed by atoms with van der Waals surface area (Å²) in [6.07, 6.45) is 4.62. The Labute approximate surface area is 168 Å². The molecule has 1 aromatic heterocycles. The molecule has 1 fully saturated rings. The number of carbonyl (C=O) groups is 1. The van der Waals surface area contributed by atoms with Gasteiger partial charge in [0.1, 0.15) is 18.0 Å². The van der Waals surface area contributed by atoms with E-state index in [1.54, 1.807) is 0 Å². The molecule has 0 amide bonds. The number of fused-ring (bicyclic) bond motifs is 1. The molecular formula is C23H32N4O. The van der Waals surface area contributed by atoms with Gasteiger partial charge in [0, 0.05) is 42.1 Å². The molecule has 1 aliphatic heterocycles. The van der Waals surface area contributed by atoms with Crippen LogP contribution in [0.25, 0.3) is 10.9 Å². The summed E-state index contributed by atoms with van der Waals surface area (Å²) in [4.78, 5) is 16.4. The van der Waals surface area contributed by atoms with Crippen LogP contribution in [-0.4, -0.2) is 59.4 Å². The van der Waals surface area contributed by atoms with Gasteiger partial charge in [0.15, 0.2) is 0 Å². The molecule has 0 radical (unpaired) electrons. The van der Waals surface area contributed by atoms with Crippen LogP contribution in [0.2, 0.25) is 0 Å². The quantitative estimate of drug-likeness (QED) is 0.685. The van der Waals surface area contributed by atoms with Gasteiger partial charge < -0.3 is 9.47 Å². The van der Waals surface area contributed by atoms with Gasteiger partial charge in [0.2, 0.25) is 0 Å². The Balaban J connectivity index is 1.77. The van der Waals surface area contributed by atoms with Gasteiger partial charge >= 0.3 is 0 Å². The lowest BCUT2D eigenvalue weighted by atomic mass is 10.1. The zero-order valence-corrected chi connectivity index (χ0v) is 17.4. The first kappa shape index (κ1) is 20.6. The first-order valence-electron chi connectivity index (χ1n) is 10.5. The van der Waals surface area contributed by atoms with Crippen LogP contribution in [0.1, 0.15) is 54.7 Å². The highest BCUT2D eigenvalue weighted by atomic mass is 16.1. The molecule has 0 aliphatic carbocycles. The van der Waals surface area contributed by atoms with Crippen molar-refractivity contribution in [1.29, 1.82) is 5.26 Å². The average Bonchev–Trinajstić information content (AvgIpc) is 2.89. The van der Waals surface area contributed by atoms with E-state index in [0.29, 0.717) is 17.3 Å². The summed E-state index contributed by atoms with van der Waals surface area (Å²) in [5.74, 6) is 0. The molecule has 0 spiro atoms. The lowest BCUT2D eigenvalue weighted by Crippen LogP contribution is -2.39.